The molecule has 1 aliphatic heterocycles. The average molecular weight is 394 g/mol. The fraction of sp³-hybridized carbons (Fsp3) is 0.238. The van der Waals surface area contributed by atoms with Crippen LogP contribution in [0.1, 0.15) is 21.8 Å². The Labute approximate surface area is 166 Å². The Morgan fingerprint density at radius 2 is 2.07 bits per heavy atom. The molecule has 7 nitrogen and oxygen atoms in total. The second-order valence-corrected chi connectivity index (χ2v) is 6.85. The molecule has 0 radical (unpaired) electrons. The highest BCUT2D eigenvalue weighted by molar-refractivity contribution is 5.98. The second-order valence-electron chi connectivity index (χ2n) is 6.85. The quantitative estimate of drug-likeness (QED) is 0.734. The molecule has 1 saturated heterocycles. The van der Waals surface area contributed by atoms with Crippen molar-refractivity contribution in [2.24, 2.45) is 0 Å². The summed E-state index contributed by atoms with van der Waals surface area (Å²) in [6.07, 6.45) is 0.0751. The van der Waals surface area contributed by atoms with Crippen LogP contribution in [0.25, 0.3) is 11.4 Å². The molecule has 1 aromatic heterocycles. The minimum atomic E-state index is -0.815. The number of piperazine rings is 1. The van der Waals surface area contributed by atoms with Crippen molar-refractivity contribution in [2.45, 2.75) is 19.4 Å². The summed E-state index contributed by atoms with van der Waals surface area (Å²) < 4.78 is 19.2. The third-order valence-corrected chi connectivity index (χ3v) is 4.88. The van der Waals surface area contributed by atoms with Gasteiger partial charge < -0.3 is 14.7 Å². The number of hydrogen-bond acceptors (Lipinski definition) is 5. The van der Waals surface area contributed by atoms with Gasteiger partial charge in [0.05, 0.1) is 6.42 Å². The van der Waals surface area contributed by atoms with Crippen LogP contribution in [0.4, 0.5) is 4.39 Å². The largest absolute Gasteiger partial charge is 0.353 e. The number of nitrogens with one attached hydrogen (secondary N) is 1. The van der Waals surface area contributed by atoms with Crippen LogP contribution >= 0.6 is 0 Å². The zero-order valence-electron chi connectivity index (χ0n) is 15.8. The SMILES string of the molecule is Cc1ccc(C(=O)N2CCNC(=O)C2Cc2nc(-c3ccccc3)no2)cc1F. The predicted molar refractivity (Wildman–Crippen MR) is 102 cm³/mol. The first-order chi connectivity index (χ1) is 14.0. The van der Waals surface area contributed by atoms with Crippen LogP contribution in [0.2, 0.25) is 0 Å². The molecule has 0 bridgehead atoms. The van der Waals surface area contributed by atoms with Crippen LogP contribution in [0.5, 0.6) is 0 Å². The van der Waals surface area contributed by atoms with Crippen molar-refractivity contribution in [3.8, 4) is 11.4 Å². The minimum Gasteiger partial charge on any atom is -0.353 e. The van der Waals surface area contributed by atoms with Crippen molar-refractivity contribution in [3.63, 3.8) is 0 Å². The Hall–Kier alpha value is -3.55. The van der Waals surface area contributed by atoms with E-state index in [2.05, 4.69) is 15.5 Å². The maximum atomic E-state index is 13.9. The molecular weight excluding hydrogens is 375 g/mol. The van der Waals surface area contributed by atoms with Crippen molar-refractivity contribution in [3.05, 3.63) is 71.4 Å². The van der Waals surface area contributed by atoms with E-state index >= 15 is 0 Å². The molecule has 4 rings (SSSR count). The topological polar surface area (TPSA) is 88.3 Å². The maximum Gasteiger partial charge on any atom is 0.254 e. The molecule has 1 aliphatic rings. The standard InChI is InChI=1S/C21H19FN4O3/c1-13-7-8-15(11-16(13)22)21(28)26-10-9-23-20(27)17(26)12-18-24-19(25-29-18)14-5-3-2-4-6-14/h2-8,11,17H,9-10,12H2,1H3,(H,23,27). The normalized spacial score (nSPS) is 16.6. The first-order valence-corrected chi connectivity index (χ1v) is 9.26. The van der Waals surface area contributed by atoms with Gasteiger partial charge in [-0.3, -0.25) is 9.59 Å². The Morgan fingerprint density at radius 1 is 1.28 bits per heavy atom. The Balaban J connectivity index is 1.57. The molecule has 2 heterocycles. The Bertz CT molecular complexity index is 1050. The van der Waals surface area contributed by atoms with E-state index in [0.717, 1.165) is 5.56 Å². The number of nitrogens with zero attached hydrogens (tertiary/aromatic N) is 3. The van der Waals surface area contributed by atoms with Gasteiger partial charge in [-0.1, -0.05) is 41.6 Å². The van der Waals surface area contributed by atoms with Crippen LogP contribution in [-0.4, -0.2) is 46.0 Å². The molecule has 0 aliphatic carbocycles. The summed E-state index contributed by atoms with van der Waals surface area (Å²) >= 11 is 0. The van der Waals surface area contributed by atoms with E-state index < -0.39 is 17.8 Å². The number of carbonyl (C=O) groups excluding carboxylic acids is 2. The van der Waals surface area contributed by atoms with Crippen LogP contribution in [0, 0.1) is 12.7 Å². The van der Waals surface area contributed by atoms with Crippen LogP contribution in [0.15, 0.2) is 53.1 Å². The number of halogens is 1. The van der Waals surface area contributed by atoms with Gasteiger partial charge in [-0.25, -0.2) is 4.39 Å². The van der Waals surface area contributed by atoms with Gasteiger partial charge in [0.15, 0.2) is 0 Å². The van der Waals surface area contributed by atoms with Gasteiger partial charge in [0.25, 0.3) is 5.91 Å². The number of aryl methyl sites for hydroxylation is 1. The third-order valence-electron chi connectivity index (χ3n) is 4.88. The highest BCUT2D eigenvalue weighted by Gasteiger charge is 2.35. The van der Waals surface area contributed by atoms with E-state index in [1.807, 2.05) is 30.3 Å². The van der Waals surface area contributed by atoms with Gasteiger partial charge >= 0.3 is 0 Å². The number of aromatic nitrogens is 2. The molecular formula is C21H19FN4O3. The fourth-order valence-electron chi connectivity index (χ4n) is 3.26. The van der Waals surface area contributed by atoms with E-state index in [1.54, 1.807) is 19.1 Å². The highest BCUT2D eigenvalue weighted by atomic mass is 19.1. The van der Waals surface area contributed by atoms with E-state index in [-0.39, 0.29) is 23.8 Å². The average Bonchev–Trinajstić information content (AvgIpc) is 3.20. The molecule has 29 heavy (non-hydrogen) atoms. The van der Waals surface area contributed by atoms with Gasteiger partial charge in [-0.05, 0) is 24.6 Å². The molecule has 1 N–H and O–H groups in total. The number of rotatable bonds is 4. The van der Waals surface area contributed by atoms with E-state index in [1.165, 1.54) is 11.0 Å². The summed E-state index contributed by atoms with van der Waals surface area (Å²) in [4.78, 5) is 31.2. The lowest BCUT2D eigenvalue weighted by molar-refractivity contribution is -0.127. The van der Waals surface area contributed by atoms with E-state index in [0.29, 0.717) is 24.5 Å². The lowest BCUT2D eigenvalue weighted by atomic mass is 10.1. The van der Waals surface area contributed by atoms with Crippen molar-refractivity contribution in [1.29, 1.82) is 0 Å². The highest BCUT2D eigenvalue weighted by Crippen LogP contribution is 2.19. The number of carbonyl (C=O) groups is 2. The lowest BCUT2D eigenvalue weighted by Crippen LogP contribution is -2.58. The van der Waals surface area contributed by atoms with Crippen LogP contribution in [0.3, 0.4) is 0 Å². The summed E-state index contributed by atoms with van der Waals surface area (Å²) in [7, 11) is 0. The van der Waals surface area contributed by atoms with Gasteiger partial charge in [0.1, 0.15) is 11.9 Å². The van der Waals surface area contributed by atoms with Gasteiger partial charge in [-0.15, -0.1) is 0 Å². The van der Waals surface area contributed by atoms with Crippen molar-refractivity contribution < 1.29 is 18.5 Å². The summed E-state index contributed by atoms with van der Waals surface area (Å²) in [6, 6.07) is 12.8. The number of amides is 2. The molecule has 148 valence electrons. The molecule has 8 heteroatoms. The number of benzene rings is 2. The molecule has 3 aromatic rings. The second kappa shape index (κ2) is 7.83. The molecule has 2 aromatic carbocycles. The first kappa shape index (κ1) is 18.8. The zero-order valence-corrected chi connectivity index (χ0v) is 15.8. The van der Waals surface area contributed by atoms with E-state index in [9.17, 15) is 14.0 Å². The molecule has 0 spiro atoms. The summed E-state index contributed by atoms with van der Waals surface area (Å²) in [6.45, 7) is 2.26. The first-order valence-electron chi connectivity index (χ1n) is 9.26. The molecule has 1 atom stereocenters. The summed E-state index contributed by atoms with van der Waals surface area (Å²) in [5.74, 6) is -0.518. The summed E-state index contributed by atoms with van der Waals surface area (Å²) in [5, 5.41) is 6.71. The Kier molecular flexibility index (Phi) is 5.07. The van der Waals surface area contributed by atoms with Crippen molar-refractivity contribution in [1.82, 2.24) is 20.4 Å². The van der Waals surface area contributed by atoms with Crippen molar-refractivity contribution in [2.75, 3.05) is 13.1 Å². The van der Waals surface area contributed by atoms with Gasteiger partial charge in [-0.2, -0.15) is 4.98 Å². The van der Waals surface area contributed by atoms with Gasteiger partial charge in [0.2, 0.25) is 17.6 Å². The predicted octanol–water partition coefficient (Wildman–Crippen LogP) is 2.37. The van der Waals surface area contributed by atoms with Gasteiger partial charge in [0, 0.05) is 24.2 Å². The minimum absolute atomic E-state index is 0.0751. The van der Waals surface area contributed by atoms with Crippen molar-refractivity contribution >= 4 is 11.8 Å². The molecule has 0 saturated carbocycles. The van der Waals surface area contributed by atoms with Crippen LogP contribution in [-0.2, 0) is 11.2 Å². The summed E-state index contributed by atoms with van der Waals surface area (Å²) in [5.41, 5.74) is 1.44. The number of hydrogen-bond donors (Lipinski definition) is 1. The zero-order chi connectivity index (χ0) is 20.4. The Morgan fingerprint density at radius 3 is 2.83 bits per heavy atom. The fourth-order valence-corrected chi connectivity index (χ4v) is 3.26. The lowest BCUT2D eigenvalue weighted by Gasteiger charge is -2.34. The smallest absolute Gasteiger partial charge is 0.254 e. The van der Waals surface area contributed by atoms with Crippen LogP contribution < -0.4 is 5.32 Å². The molecule has 1 unspecified atom stereocenters. The maximum absolute atomic E-state index is 13.9. The monoisotopic (exact) mass is 394 g/mol. The molecule has 2 amide bonds. The third kappa shape index (κ3) is 3.87. The van der Waals surface area contributed by atoms with E-state index in [4.69, 9.17) is 4.52 Å². The molecule has 1 fully saturated rings.